The number of rotatable bonds is 6. The van der Waals surface area contributed by atoms with Crippen LogP contribution in [0.25, 0.3) is 0 Å². The summed E-state index contributed by atoms with van der Waals surface area (Å²) in [5, 5.41) is 0. The molecule has 0 N–H and O–H groups in total. The molecule has 2 aromatic carbocycles. The molecule has 0 aromatic heterocycles. The van der Waals surface area contributed by atoms with Gasteiger partial charge < -0.3 is 4.74 Å². The lowest BCUT2D eigenvalue weighted by molar-refractivity contribution is -0.123. The van der Waals surface area contributed by atoms with Crippen molar-refractivity contribution < 1.29 is 27.1 Å². The number of carbonyl (C=O) groups is 2. The highest BCUT2D eigenvalue weighted by atomic mass is 32.2. The van der Waals surface area contributed by atoms with Gasteiger partial charge in [-0.2, -0.15) is 0 Å². The van der Waals surface area contributed by atoms with Crippen LogP contribution >= 0.6 is 0 Å². The van der Waals surface area contributed by atoms with Crippen molar-refractivity contribution in [2.75, 3.05) is 32.6 Å². The smallest absolute Gasteiger partial charge is 0.331 e. The second-order valence-corrected chi connectivity index (χ2v) is 8.81. The molecule has 1 aliphatic rings. The Bertz CT molecular complexity index is 1050. The molecule has 29 heavy (non-hydrogen) atoms. The molecule has 1 saturated heterocycles. The van der Waals surface area contributed by atoms with Gasteiger partial charge in [0.05, 0.1) is 10.6 Å². The first-order valence-electron chi connectivity index (χ1n) is 8.63. The van der Waals surface area contributed by atoms with Crippen molar-refractivity contribution in [2.45, 2.75) is 11.5 Å². The summed E-state index contributed by atoms with van der Waals surface area (Å²) in [4.78, 5) is 26.4. The molecule has 0 atom stereocenters. The number of nitrogens with zero attached hydrogens (tertiary/aromatic N) is 3. The van der Waals surface area contributed by atoms with Gasteiger partial charge in [0.1, 0.15) is 24.7 Å². The Morgan fingerprint density at radius 1 is 1.10 bits per heavy atom. The van der Waals surface area contributed by atoms with Crippen LogP contribution < -0.4 is 9.64 Å². The molecule has 8 nitrogen and oxygen atoms in total. The van der Waals surface area contributed by atoms with Crippen molar-refractivity contribution in [1.82, 2.24) is 9.21 Å². The molecule has 1 heterocycles. The first-order valence-corrected chi connectivity index (χ1v) is 10.1. The molecule has 0 aliphatic carbocycles. The van der Waals surface area contributed by atoms with E-state index in [0.717, 1.165) is 9.21 Å². The Morgan fingerprint density at radius 2 is 1.76 bits per heavy atom. The number of halogens is 1. The number of urea groups is 1. The predicted molar refractivity (Wildman–Crippen MR) is 104 cm³/mol. The third-order valence-corrected chi connectivity index (χ3v) is 6.30. The summed E-state index contributed by atoms with van der Waals surface area (Å²) in [5.74, 6) is -0.657. The molecule has 0 saturated carbocycles. The summed E-state index contributed by atoms with van der Waals surface area (Å²) in [5.41, 5.74) is 0.923. The van der Waals surface area contributed by atoms with E-state index in [1.165, 1.54) is 68.5 Å². The molecule has 0 unspecified atom stereocenters. The maximum absolute atomic E-state index is 13.1. The van der Waals surface area contributed by atoms with Crippen molar-refractivity contribution >= 4 is 27.6 Å². The van der Waals surface area contributed by atoms with Crippen LogP contribution in [0.2, 0.25) is 0 Å². The van der Waals surface area contributed by atoms with Gasteiger partial charge in [-0.1, -0.05) is 12.1 Å². The van der Waals surface area contributed by atoms with E-state index in [1.807, 2.05) is 0 Å². The van der Waals surface area contributed by atoms with Gasteiger partial charge in [-0.25, -0.2) is 21.9 Å². The van der Waals surface area contributed by atoms with E-state index in [-0.39, 0.29) is 35.4 Å². The number of anilines is 1. The van der Waals surface area contributed by atoms with Gasteiger partial charge in [-0.15, -0.1) is 0 Å². The number of sulfonamides is 1. The highest BCUT2D eigenvalue weighted by Crippen LogP contribution is 2.34. The quantitative estimate of drug-likeness (QED) is 0.667. The Hall–Kier alpha value is -2.98. The Morgan fingerprint density at radius 3 is 2.31 bits per heavy atom. The van der Waals surface area contributed by atoms with E-state index in [4.69, 9.17) is 4.74 Å². The number of carbonyl (C=O) groups excluding carboxylic acids is 2. The van der Waals surface area contributed by atoms with E-state index in [9.17, 15) is 22.4 Å². The minimum atomic E-state index is -3.74. The lowest BCUT2D eigenvalue weighted by atomic mass is 10.2. The number of amides is 3. The van der Waals surface area contributed by atoms with Gasteiger partial charge in [0.25, 0.3) is 0 Å². The van der Waals surface area contributed by atoms with E-state index < -0.39 is 21.9 Å². The molecule has 154 valence electrons. The first-order chi connectivity index (χ1) is 13.6. The summed E-state index contributed by atoms with van der Waals surface area (Å²) in [6, 6.07) is 9.19. The average molecular weight is 421 g/mol. The number of hydrogen-bond donors (Lipinski definition) is 0. The summed E-state index contributed by atoms with van der Waals surface area (Å²) in [6.07, 6.45) is 0. The molecule has 0 radical (unpaired) electrons. The van der Waals surface area contributed by atoms with Gasteiger partial charge in [-0.05, 0) is 29.8 Å². The summed E-state index contributed by atoms with van der Waals surface area (Å²) < 4.78 is 44.9. The average Bonchev–Trinajstić information content (AvgIpc) is 2.94. The molecule has 3 rings (SSSR count). The van der Waals surface area contributed by atoms with Crippen LogP contribution in [0, 0.1) is 5.82 Å². The maximum atomic E-state index is 13.1. The fourth-order valence-corrected chi connectivity index (χ4v) is 3.65. The highest BCUT2D eigenvalue weighted by molar-refractivity contribution is 7.89. The van der Waals surface area contributed by atoms with Crippen molar-refractivity contribution in [3.63, 3.8) is 0 Å². The van der Waals surface area contributed by atoms with Crippen molar-refractivity contribution in [2.24, 2.45) is 0 Å². The fourth-order valence-electron chi connectivity index (χ4n) is 2.73. The van der Waals surface area contributed by atoms with Gasteiger partial charge in [0.15, 0.2) is 0 Å². The van der Waals surface area contributed by atoms with Gasteiger partial charge in [-0.3, -0.25) is 14.6 Å². The van der Waals surface area contributed by atoms with Crippen molar-refractivity contribution in [3.8, 4) is 5.75 Å². The highest BCUT2D eigenvalue weighted by Gasteiger charge is 2.36. The lowest BCUT2D eigenvalue weighted by Gasteiger charge is -2.21. The molecule has 10 heteroatoms. The molecule has 3 amide bonds. The lowest BCUT2D eigenvalue weighted by Crippen LogP contribution is -2.30. The summed E-state index contributed by atoms with van der Waals surface area (Å²) >= 11 is 0. The van der Waals surface area contributed by atoms with E-state index in [1.54, 1.807) is 0 Å². The SMILES string of the molecule is CN1C(=O)CN(c2ccc(S(=O)(=O)N(C)C)cc2OCc2ccc(F)cc2)C1=O. The number of ether oxygens (including phenoxy) is 1. The maximum Gasteiger partial charge on any atom is 0.331 e. The van der Waals surface area contributed by atoms with E-state index in [2.05, 4.69) is 0 Å². The van der Waals surface area contributed by atoms with Crippen LogP contribution in [0.4, 0.5) is 14.9 Å². The first kappa shape index (κ1) is 20.7. The third kappa shape index (κ3) is 4.08. The Kier molecular flexibility index (Phi) is 5.58. The standard InChI is InChI=1S/C19H20FN3O5S/c1-21(2)29(26,27)15-8-9-16(23-11-18(24)22(3)19(23)25)17(10-15)28-12-13-4-6-14(20)7-5-13/h4-10H,11-12H2,1-3H3. The third-order valence-electron chi connectivity index (χ3n) is 4.49. The van der Waals surface area contributed by atoms with Gasteiger partial charge >= 0.3 is 6.03 Å². The molecular formula is C19H20FN3O5S. The second-order valence-electron chi connectivity index (χ2n) is 6.65. The molecular weight excluding hydrogens is 401 g/mol. The Labute approximate surface area is 168 Å². The van der Waals surface area contributed by atoms with Gasteiger partial charge in [0.2, 0.25) is 15.9 Å². The van der Waals surface area contributed by atoms with Gasteiger partial charge in [0, 0.05) is 27.2 Å². The van der Waals surface area contributed by atoms with Crippen LogP contribution in [0.15, 0.2) is 47.4 Å². The zero-order valence-corrected chi connectivity index (χ0v) is 16.9. The van der Waals surface area contributed by atoms with Crippen LogP contribution in [-0.2, 0) is 21.4 Å². The number of imide groups is 1. The Balaban J connectivity index is 2.00. The minimum absolute atomic E-state index is 0.0184. The predicted octanol–water partition coefficient (Wildman–Crippen LogP) is 2.05. The number of benzene rings is 2. The monoisotopic (exact) mass is 421 g/mol. The number of likely N-dealkylation sites (N-methyl/N-ethyl adjacent to an activating group) is 1. The molecule has 1 aliphatic heterocycles. The fraction of sp³-hybridized carbons (Fsp3) is 0.263. The van der Waals surface area contributed by atoms with Crippen LogP contribution in [0.5, 0.6) is 5.75 Å². The van der Waals surface area contributed by atoms with E-state index >= 15 is 0 Å². The second kappa shape index (κ2) is 7.80. The molecule has 0 spiro atoms. The summed E-state index contributed by atoms with van der Waals surface area (Å²) in [6.45, 7) is -0.160. The number of hydrogen-bond acceptors (Lipinski definition) is 5. The minimum Gasteiger partial charge on any atom is -0.487 e. The largest absolute Gasteiger partial charge is 0.487 e. The van der Waals surface area contributed by atoms with E-state index in [0.29, 0.717) is 5.56 Å². The van der Waals surface area contributed by atoms with Crippen LogP contribution in [0.3, 0.4) is 0 Å². The van der Waals surface area contributed by atoms with Crippen molar-refractivity contribution in [1.29, 1.82) is 0 Å². The van der Waals surface area contributed by atoms with Crippen LogP contribution in [-0.4, -0.2) is 57.2 Å². The molecule has 1 fully saturated rings. The molecule has 0 bridgehead atoms. The van der Waals surface area contributed by atoms with Crippen LogP contribution in [0.1, 0.15) is 5.56 Å². The summed E-state index contributed by atoms with van der Waals surface area (Å²) in [7, 11) is 0.435. The zero-order chi connectivity index (χ0) is 21.3. The zero-order valence-electron chi connectivity index (χ0n) is 16.1. The van der Waals surface area contributed by atoms with Crippen molar-refractivity contribution in [3.05, 3.63) is 53.8 Å². The molecule has 2 aromatic rings. The topological polar surface area (TPSA) is 87.2 Å². The normalized spacial score (nSPS) is 14.8.